The Labute approximate surface area is 198 Å². The molecule has 1 N–H and O–H groups in total. The van der Waals surface area contributed by atoms with E-state index in [9.17, 15) is 4.79 Å². The Hall–Kier alpha value is -2.48. The van der Waals surface area contributed by atoms with E-state index in [1.807, 2.05) is 0 Å². The number of ether oxygens (including phenoxy) is 1. The van der Waals surface area contributed by atoms with E-state index in [1.165, 1.54) is 28.3 Å². The standard InChI is InChI=1S/C25H27N3O2S2/c1-30-24(29)22-20-10-5-11-21(20)32-23(22)26-25(31)28-14-12-27(13-15-28)16-18-8-4-7-17-6-2-3-9-19(17)18/h2-4,6-9H,5,10-16H2,1H3,(H,26,31). The molecular weight excluding hydrogens is 438 g/mol. The van der Waals surface area contributed by atoms with E-state index in [2.05, 4.69) is 57.6 Å². The summed E-state index contributed by atoms with van der Waals surface area (Å²) in [6.45, 7) is 4.59. The summed E-state index contributed by atoms with van der Waals surface area (Å²) in [5.74, 6) is -0.269. The number of fused-ring (bicyclic) bond motifs is 2. The number of piperazine rings is 1. The van der Waals surface area contributed by atoms with Crippen LogP contribution >= 0.6 is 23.6 Å². The normalized spacial score (nSPS) is 16.2. The van der Waals surface area contributed by atoms with E-state index < -0.39 is 0 Å². The van der Waals surface area contributed by atoms with Crippen LogP contribution in [-0.4, -0.2) is 54.2 Å². The van der Waals surface area contributed by atoms with Crippen molar-refractivity contribution in [2.45, 2.75) is 25.8 Å². The average molecular weight is 466 g/mol. The molecule has 3 aromatic rings. The van der Waals surface area contributed by atoms with Crippen LogP contribution in [0.5, 0.6) is 0 Å². The van der Waals surface area contributed by atoms with E-state index in [-0.39, 0.29) is 5.97 Å². The lowest BCUT2D eigenvalue weighted by atomic mass is 10.0. The number of hydrogen-bond donors (Lipinski definition) is 1. The maximum absolute atomic E-state index is 12.4. The van der Waals surface area contributed by atoms with Crippen molar-refractivity contribution in [3.05, 3.63) is 64.0 Å². The van der Waals surface area contributed by atoms with Crippen LogP contribution in [0.1, 0.15) is 32.8 Å². The van der Waals surface area contributed by atoms with Crippen molar-refractivity contribution in [2.24, 2.45) is 0 Å². The van der Waals surface area contributed by atoms with Crippen LogP contribution in [0.25, 0.3) is 10.8 Å². The second-order valence-corrected chi connectivity index (χ2v) is 9.88. The highest BCUT2D eigenvalue weighted by atomic mass is 32.1. The Morgan fingerprint density at radius 2 is 1.88 bits per heavy atom. The summed E-state index contributed by atoms with van der Waals surface area (Å²) in [6, 6.07) is 15.1. The molecule has 1 aromatic heterocycles. The molecule has 1 aliphatic heterocycles. The predicted molar refractivity (Wildman–Crippen MR) is 135 cm³/mol. The molecule has 5 nitrogen and oxygen atoms in total. The van der Waals surface area contributed by atoms with Crippen LogP contribution in [0.15, 0.2) is 42.5 Å². The fourth-order valence-corrected chi connectivity index (χ4v) is 6.39. The van der Waals surface area contributed by atoms with E-state index in [4.69, 9.17) is 17.0 Å². The quantitative estimate of drug-likeness (QED) is 0.445. The first-order valence-corrected chi connectivity index (χ1v) is 12.3. The Morgan fingerprint density at radius 1 is 1.09 bits per heavy atom. The summed E-state index contributed by atoms with van der Waals surface area (Å²) in [5.41, 5.74) is 3.20. The third-order valence-corrected chi connectivity index (χ3v) is 8.03. The molecule has 166 valence electrons. The Morgan fingerprint density at radius 3 is 2.69 bits per heavy atom. The van der Waals surface area contributed by atoms with Gasteiger partial charge in [-0.3, -0.25) is 4.90 Å². The molecule has 0 amide bonds. The van der Waals surface area contributed by atoms with Crippen molar-refractivity contribution in [2.75, 3.05) is 38.6 Å². The average Bonchev–Trinajstić information content (AvgIpc) is 3.40. The number of carbonyl (C=O) groups is 1. The lowest BCUT2D eigenvalue weighted by molar-refractivity contribution is 0.0601. The second-order valence-electron chi connectivity index (χ2n) is 8.38. The van der Waals surface area contributed by atoms with E-state index in [0.717, 1.165) is 62.6 Å². The highest BCUT2D eigenvalue weighted by Crippen LogP contribution is 2.39. The number of hydrogen-bond acceptors (Lipinski definition) is 5. The fourth-order valence-electron chi connectivity index (χ4n) is 4.77. The molecule has 32 heavy (non-hydrogen) atoms. The zero-order chi connectivity index (χ0) is 22.1. The molecular formula is C25H27N3O2S2. The number of nitrogens with one attached hydrogen (secondary N) is 1. The maximum atomic E-state index is 12.4. The molecule has 0 radical (unpaired) electrons. The fraction of sp³-hybridized carbons (Fsp3) is 0.360. The lowest BCUT2D eigenvalue weighted by Crippen LogP contribution is -2.49. The molecule has 0 atom stereocenters. The number of thiophene rings is 1. The number of benzene rings is 2. The second kappa shape index (κ2) is 9.17. The van der Waals surface area contributed by atoms with Gasteiger partial charge >= 0.3 is 5.97 Å². The van der Waals surface area contributed by atoms with Gasteiger partial charge in [0.15, 0.2) is 5.11 Å². The number of anilines is 1. The van der Waals surface area contributed by atoms with Crippen molar-refractivity contribution >= 4 is 50.4 Å². The molecule has 0 unspecified atom stereocenters. The minimum atomic E-state index is -0.269. The topological polar surface area (TPSA) is 44.8 Å². The predicted octanol–water partition coefficient (Wildman–Crippen LogP) is 4.69. The van der Waals surface area contributed by atoms with Crippen LogP contribution in [-0.2, 0) is 24.1 Å². The van der Waals surface area contributed by atoms with Crippen LogP contribution in [0, 0.1) is 0 Å². The SMILES string of the molecule is COC(=O)c1c(NC(=S)N2CCN(Cc3cccc4ccccc34)CC2)sc2c1CCC2. The minimum Gasteiger partial charge on any atom is -0.465 e. The summed E-state index contributed by atoms with van der Waals surface area (Å²) in [7, 11) is 1.44. The first-order chi connectivity index (χ1) is 15.6. The molecule has 7 heteroatoms. The van der Waals surface area contributed by atoms with Crippen molar-refractivity contribution < 1.29 is 9.53 Å². The number of rotatable bonds is 4. The Balaban J connectivity index is 1.22. The van der Waals surface area contributed by atoms with Gasteiger partial charge in [-0.15, -0.1) is 11.3 Å². The zero-order valence-electron chi connectivity index (χ0n) is 18.2. The molecule has 0 bridgehead atoms. The highest BCUT2D eigenvalue weighted by Gasteiger charge is 2.28. The molecule has 1 fully saturated rings. The summed E-state index contributed by atoms with van der Waals surface area (Å²) >= 11 is 7.38. The smallest absolute Gasteiger partial charge is 0.341 e. The molecule has 2 heterocycles. The number of esters is 1. The van der Waals surface area contributed by atoms with E-state index in [0.29, 0.717) is 10.7 Å². The summed E-state index contributed by atoms with van der Waals surface area (Å²) in [4.78, 5) is 18.4. The largest absolute Gasteiger partial charge is 0.465 e. The molecule has 0 saturated carbocycles. The van der Waals surface area contributed by atoms with Gasteiger partial charge in [0.1, 0.15) is 5.00 Å². The van der Waals surface area contributed by atoms with Gasteiger partial charge < -0.3 is 15.0 Å². The molecule has 2 aliphatic rings. The van der Waals surface area contributed by atoms with Gasteiger partial charge in [-0.2, -0.15) is 0 Å². The minimum absolute atomic E-state index is 0.269. The highest BCUT2D eigenvalue weighted by molar-refractivity contribution is 7.80. The van der Waals surface area contributed by atoms with E-state index in [1.54, 1.807) is 11.3 Å². The first-order valence-electron chi connectivity index (χ1n) is 11.1. The zero-order valence-corrected chi connectivity index (χ0v) is 19.9. The molecule has 1 saturated heterocycles. The summed E-state index contributed by atoms with van der Waals surface area (Å²) < 4.78 is 5.05. The number of methoxy groups -OCH3 is 1. The molecule has 0 spiro atoms. The first kappa shape index (κ1) is 21.4. The number of aryl methyl sites for hydroxylation is 1. The van der Waals surface area contributed by atoms with Crippen molar-refractivity contribution in [1.29, 1.82) is 0 Å². The van der Waals surface area contributed by atoms with Gasteiger partial charge in [0.05, 0.1) is 12.7 Å². The van der Waals surface area contributed by atoms with Crippen LogP contribution in [0.2, 0.25) is 0 Å². The van der Waals surface area contributed by atoms with Gasteiger partial charge in [-0.25, -0.2) is 4.79 Å². The van der Waals surface area contributed by atoms with Crippen LogP contribution in [0.3, 0.4) is 0 Å². The monoisotopic (exact) mass is 465 g/mol. The van der Waals surface area contributed by atoms with Crippen molar-refractivity contribution in [3.8, 4) is 0 Å². The van der Waals surface area contributed by atoms with Crippen molar-refractivity contribution in [1.82, 2.24) is 9.80 Å². The number of thiocarbonyl (C=S) groups is 1. The Kier molecular flexibility index (Phi) is 6.13. The van der Waals surface area contributed by atoms with Gasteiger partial charge in [0, 0.05) is 37.6 Å². The number of nitrogens with zero attached hydrogens (tertiary/aromatic N) is 2. The third-order valence-electron chi connectivity index (χ3n) is 6.46. The van der Waals surface area contributed by atoms with Crippen LogP contribution in [0.4, 0.5) is 5.00 Å². The molecule has 1 aliphatic carbocycles. The van der Waals surface area contributed by atoms with Crippen LogP contribution < -0.4 is 5.32 Å². The lowest BCUT2D eigenvalue weighted by Gasteiger charge is -2.36. The summed E-state index contributed by atoms with van der Waals surface area (Å²) in [5, 5.41) is 7.52. The van der Waals surface area contributed by atoms with Gasteiger partial charge in [-0.1, -0.05) is 42.5 Å². The molecule has 2 aromatic carbocycles. The summed E-state index contributed by atoms with van der Waals surface area (Å²) in [6.07, 6.45) is 3.08. The van der Waals surface area contributed by atoms with Gasteiger partial charge in [0.2, 0.25) is 0 Å². The number of carbonyl (C=O) groups excluding carboxylic acids is 1. The van der Waals surface area contributed by atoms with E-state index >= 15 is 0 Å². The maximum Gasteiger partial charge on any atom is 0.341 e. The molecule has 5 rings (SSSR count). The van der Waals surface area contributed by atoms with Gasteiger partial charge in [-0.05, 0) is 53.4 Å². The Bertz CT molecular complexity index is 1160. The van der Waals surface area contributed by atoms with Crippen molar-refractivity contribution in [3.63, 3.8) is 0 Å². The van der Waals surface area contributed by atoms with Gasteiger partial charge in [0.25, 0.3) is 0 Å². The third kappa shape index (κ3) is 4.12.